The number of nitrogens with zero attached hydrogens (tertiary/aromatic N) is 2. The molecule has 0 unspecified atom stereocenters. The molecule has 1 aromatic rings. The number of aromatic nitrogens is 2. The highest BCUT2D eigenvalue weighted by Crippen LogP contribution is 2.08. The van der Waals surface area contributed by atoms with E-state index < -0.39 is 9.84 Å². The fourth-order valence-electron chi connectivity index (χ4n) is 0.896. The number of hydrogen-bond donors (Lipinski definition) is 1. The van der Waals surface area contributed by atoms with Gasteiger partial charge in [-0.1, -0.05) is 6.92 Å². The molecule has 0 fully saturated rings. The second-order valence-corrected chi connectivity index (χ2v) is 5.19. The molecule has 0 spiro atoms. The fraction of sp³-hybridized carbons (Fsp3) is 0.571. The summed E-state index contributed by atoms with van der Waals surface area (Å²) in [5, 5.41) is 0. The molecule has 0 saturated carbocycles. The van der Waals surface area contributed by atoms with Crippen molar-refractivity contribution in [2.75, 3.05) is 11.5 Å². The van der Waals surface area contributed by atoms with Crippen molar-refractivity contribution in [3.63, 3.8) is 0 Å². The monoisotopic (exact) mass is 203 g/mol. The molecule has 0 aliphatic carbocycles. The van der Waals surface area contributed by atoms with Crippen LogP contribution < -0.4 is 5.73 Å². The first-order valence-corrected chi connectivity index (χ1v) is 5.75. The zero-order valence-electron chi connectivity index (χ0n) is 7.69. The van der Waals surface area contributed by atoms with Crippen LogP contribution in [0.15, 0.2) is 6.20 Å². The number of hydrogen-bond acceptors (Lipinski definition) is 4. The van der Waals surface area contributed by atoms with Gasteiger partial charge in [-0.05, 0) is 0 Å². The van der Waals surface area contributed by atoms with Gasteiger partial charge in [-0.25, -0.2) is 13.4 Å². The van der Waals surface area contributed by atoms with Crippen LogP contribution >= 0.6 is 0 Å². The molecule has 2 N–H and O–H groups in total. The summed E-state index contributed by atoms with van der Waals surface area (Å²) < 4.78 is 24.0. The average molecular weight is 203 g/mol. The summed E-state index contributed by atoms with van der Waals surface area (Å²) in [5.41, 5.74) is 5.51. The Bertz CT molecular complexity index is 394. The highest BCUT2D eigenvalue weighted by molar-refractivity contribution is 7.90. The molecule has 0 aliphatic rings. The number of nitrogens with two attached hydrogens (primary N) is 1. The summed E-state index contributed by atoms with van der Waals surface area (Å²) >= 11 is 0. The Kier molecular flexibility index (Phi) is 2.60. The third kappa shape index (κ3) is 2.21. The molecule has 1 rings (SSSR count). The minimum absolute atomic E-state index is 0.0444. The van der Waals surface area contributed by atoms with E-state index in [1.54, 1.807) is 18.5 Å². The third-order valence-electron chi connectivity index (χ3n) is 1.91. The first-order valence-electron chi connectivity index (χ1n) is 3.92. The van der Waals surface area contributed by atoms with Gasteiger partial charge in [0.25, 0.3) is 0 Å². The first-order chi connectivity index (χ1) is 5.96. The van der Waals surface area contributed by atoms with Crippen LogP contribution in [0.5, 0.6) is 0 Å². The molecule has 0 saturated heterocycles. The van der Waals surface area contributed by atoms with E-state index in [0.29, 0.717) is 11.6 Å². The minimum Gasteiger partial charge on any atom is -0.384 e. The molecule has 5 nitrogen and oxygen atoms in total. The second kappa shape index (κ2) is 3.37. The molecule has 0 aliphatic heterocycles. The summed E-state index contributed by atoms with van der Waals surface area (Å²) in [6.07, 6.45) is 1.46. The zero-order valence-corrected chi connectivity index (χ0v) is 8.50. The Labute approximate surface area is 77.5 Å². The van der Waals surface area contributed by atoms with E-state index >= 15 is 0 Å². The zero-order chi connectivity index (χ0) is 10.1. The fourth-order valence-corrected chi connectivity index (χ4v) is 1.76. The normalized spacial score (nSPS) is 11.8. The summed E-state index contributed by atoms with van der Waals surface area (Å²) in [7, 11) is -1.32. The van der Waals surface area contributed by atoms with E-state index in [2.05, 4.69) is 4.98 Å². The summed E-state index contributed by atoms with van der Waals surface area (Å²) in [5.74, 6) is 1.04. The molecule has 0 amide bonds. The van der Waals surface area contributed by atoms with Gasteiger partial charge in [-0.3, -0.25) is 0 Å². The maximum atomic E-state index is 11.2. The lowest BCUT2D eigenvalue weighted by Gasteiger charge is -2.02. The van der Waals surface area contributed by atoms with E-state index in [4.69, 9.17) is 5.73 Å². The molecule has 0 aromatic carbocycles. The van der Waals surface area contributed by atoms with Gasteiger partial charge in [0, 0.05) is 12.8 Å². The van der Waals surface area contributed by atoms with Gasteiger partial charge in [0.2, 0.25) is 0 Å². The second-order valence-electron chi connectivity index (χ2n) is 2.83. The number of sulfone groups is 1. The quantitative estimate of drug-likeness (QED) is 0.746. The molecule has 13 heavy (non-hydrogen) atoms. The number of nitrogen functional groups attached to an aromatic ring is 1. The van der Waals surface area contributed by atoms with Gasteiger partial charge >= 0.3 is 0 Å². The largest absolute Gasteiger partial charge is 0.384 e. The first kappa shape index (κ1) is 10.0. The van der Waals surface area contributed by atoms with Crippen LogP contribution in [-0.4, -0.2) is 23.7 Å². The van der Waals surface area contributed by atoms with Crippen LogP contribution in [0.4, 0.5) is 5.82 Å². The maximum Gasteiger partial charge on any atom is 0.157 e. The van der Waals surface area contributed by atoms with Crippen LogP contribution in [0.25, 0.3) is 0 Å². The van der Waals surface area contributed by atoms with Gasteiger partial charge in [0.1, 0.15) is 17.4 Å². The van der Waals surface area contributed by atoms with E-state index in [1.165, 1.54) is 6.20 Å². The van der Waals surface area contributed by atoms with Crippen molar-refractivity contribution in [1.29, 1.82) is 0 Å². The predicted molar refractivity (Wildman–Crippen MR) is 50.8 cm³/mol. The smallest absolute Gasteiger partial charge is 0.157 e. The summed E-state index contributed by atoms with van der Waals surface area (Å²) in [6, 6.07) is 0. The van der Waals surface area contributed by atoms with Gasteiger partial charge in [-0.2, -0.15) is 0 Å². The van der Waals surface area contributed by atoms with Crippen molar-refractivity contribution in [2.45, 2.75) is 12.7 Å². The van der Waals surface area contributed by atoms with Gasteiger partial charge in [0.05, 0.1) is 6.20 Å². The Morgan fingerprint density at radius 1 is 1.62 bits per heavy atom. The Balaban J connectivity index is 2.93. The van der Waals surface area contributed by atoms with Crippen molar-refractivity contribution in [2.24, 2.45) is 7.05 Å². The van der Waals surface area contributed by atoms with E-state index in [0.717, 1.165) is 0 Å². The van der Waals surface area contributed by atoms with E-state index in [9.17, 15) is 8.42 Å². The van der Waals surface area contributed by atoms with E-state index in [1.807, 2.05) is 0 Å². The van der Waals surface area contributed by atoms with Crippen LogP contribution in [0.2, 0.25) is 0 Å². The average Bonchev–Trinajstić information content (AvgIpc) is 2.36. The van der Waals surface area contributed by atoms with Crippen LogP contribution in [0, 0.1) is 0 Å². The third-order valence-corrected chi connectivity index (χ3v) is 3.49. The highest BCUT2D eigenvalue weighted by Gasteiger charge is 2.13. The van der Waals surface area contributed by atoms with Crippen molar-refractivity contribution in [3.8, 4) is 0 Å². The van der Waals surface area contributed by atoms with Gasteiger partial charge in [0.15, 0.2) is 9.84 Å². The van der Waals surface area contributed by atoms with Gasteiger partial charge in [-0.15, -0.1) is 0 Å². The molecule has 6 heteroatoms. The summed E-state index contributed by atoms with van der Waals surface area (Å²) in [4.78, 5) is 3.91. The SMILES string of the molecule is CCS(=O)(=O)Cc1ncc(N)n1C. The molecule has 74 valence electrons. The predicted octanol–water partition coefficient (Wildman–Crippen LogP) is -0.0630. The molecule has 1 heterocycles. The standard InChI is InChI=1S/C7H13N3O2S/c1-3-13(11,12)5-7-9-4-6(8)10(7)2/h4H,3,5,8H2,1-2H3. The Hall–Kier alpha value is -1.04. The number of anilines is 1. The minimum atomic E-state index is -3.02. The molecular formula is C7H13N3O2S. The molecule has 0 atom stereocenters. The van der Waals surface area contributed by atoms with Crippen LogP contribution in [0.1, 0.15) is 12.7 Å². The summed E-state index contributed by atoms with van der Waals surface area (Å²) in [6.45, 7) is 1.61. The highest BCUT2D eigenvalue weighted by atomic mass is 32.2. The lowest BCUT2D eigenvalue weighted by atomic mass is 10.7. The maximum absolute atomic E-state index is 11.2. The molecular weight excluding hydrogens is 190 g/mol. The van der Waals surface area contributed by atoms with Crippen LogP contribution in [0.3, 0.4) is 0 Å². The van der Waals surface area contributed by atoms with Crippen LogP contribution in [-0.2, 0) is 22.6 Å². The van der Waals surface area contributed by atoms with Gasteiger partial charge < -0.3 is 10.3 Å². The Morgan fingerprint density at radius 2 is 2.23 bits per heavy atom. The molecule has 0 bridgehead atoms. The van der Waals surface area contributed by atoms with E-state index in [-0.39, 0.29) is 11.5 Å². The number of imidazole rings is 1. The van der Waals surface area contributed by atoms with Crippen molar-refractivity contribution in [3.05, 3.63) is 12.0 Å². The number of rotatable bonds is 3. The lowest BCUT2D eigenvalue weighted by Crippen LogP contribution is -2.11. The molecule has 0 radical (unpaired) electrons. The van der Waals surface area contributed by atoms with Crippen molar-refractivity contribution < 1.29 is 8.42 Å². The topological polar surface area (TPSA) is 78.0 Å². The van der Waals surface area contributed by atoms with Crippen molar-refractivity contribution >= 4 is 15.7 Å². The van der Waals surface area contributed by atoms with Crippen molar-refractivity contribution in [1.82, 2.24) is 9.55 Å². The lowest BCUT2D eigenvalue weighted by molar-refractivity contribution is 0.594. The molecule has 1 aromatic heterocycles. The Morgan fingerprint density at radius 3 is 2.62 bits per heavy atom.